The van der Waals surface area contributed by atoms with Crippen LogP contribution in [0.5, 0.6) is 0 Å². The van der Waals surface area contributed by atoms with E-state index < -0.39 is 0 Å². The predicted molar refractivity (Wildman–Crippen MR) is 94.3 cm³/mol. The second-order valence-corrected chi connectivity index (χ2v) is 7.77. The molecular formula is C17H23N5OS. The number of thiazole rings is 1. The molecule has 128 valence electrons. The molecule has 7 heteroatoms. The number of fused-ring (bicyclic) bond motifs is 1. The van der Waals surface area contributed by atoms with E-state index in [0.29, 0.717) is 5.92 Å². The van der Waals surface area contributed by atoms with Crippen LogP contribution < -0.4 is 5.32 Å². The fraction of sp³-hybridized carbons (Fsp3) is 0.529. The van der Waals surface area contributed by atoms with Crippen LogP contribution in [0.2, 0.25) is 0 Å². The average molecular weight is 345 g/mol. The van der Waals surface area contributed by atoms with Gasteiger partial charge in [0.2, 0.25) is 0 Å². The number of aryl methyl sites for hydroxylation is 3. The van der Waals surface area contributed by atoms with E-state index in [1.807, 2.05) is 17.9 Å². The molecule has 4 heterocycles. The second kappa shape index (κ2) is 6.31. The fourth-order valence-electron chi connectivity index (χ4n) is 3.50. The summed E-state index contributed by atoms with van der Waals surface area (Å²) in [4.78, 5) is 7.03. The summed E-state index contributed by atoms with van der Waals surface area (Å²) in [6.07, 6.45) is 7.39. The highest BCUT2D eigenvalue weighted by molar-refractivity contribution is 7.17. The lowest BCUT2D eigenvalue weighted by Gasteiger charge is -2.17. The molecule has 6 nitrogen and oxygen atoms in total. The lowest BCUT2D eigenvalue weighted by atomic mass is 9.97. The third-order valence-corrected chi connectivity index (χ3v) is 5.61. The van der Waals surface area contributed by atoms with E-state index >= 15 is 0 Å². The first kappa shape index (κ1) is 15.8. The van der Waals surface area contributed by atoms with Crippen LogP contribution in [0.4, 0.5) is 0 Å². The summed E-state index contributed by atoms with van der Waals surface area (Å²) >= 11 is 1.74. The van der Waals surface area contributed by atoms with Crippen molar-refractivity contribution >= 4 is 16.3 Å². The van der Waals surface area contributed by atoms with Gasteiger partial charge in [0.15, 0.2) is 4.96 Å². The highest BCUT2D eigenvalue weighted by Gasteiger charge is 2.30. The van der Waals surface area contributed by atoms with Crippen molar-refractivity contribution in [3.63, 3.8) is 0 Å². The number of hydrogen-bond donors (Lipinski definition) is 1. The zero-order valence-corrected chi connectivity index (χ0v) is 15.1. The minimum Gasteiger partial charge on any atom is -0.373 e. The number of aromatic nitrogens is 4. The van der Waals surface area contributed by atoms with E-state index in [4.69, 9.17) is 4.74 Å². The van der Waals surface area contributed by atoms with Crippen LogP contribution in [0.15, 0.2) is 18.6 Å². The van der Waals surface area contributed by atoms with Crippen molar-refractivity contribution < 1.29 is 4.74 Å². The number of hydrogen-bond acceptors (Lipinski definition) is 5. The Labute approximate surface area is 145 Å². The van der Waals surface area contributed by atoms with Crippen LogP contribution in [-0.2, 0) is 18.3 Å². The van der Waals surface area contributed by atoms with Gasteiger partial charge in [0.05, 0.1) is 23.7 Å². The maximum Gasteiger partial charge on any atom is 0.194 e. The third-order valence-electron chi connectivity index (χ3n) is 4.71. The molecule has 1 N–H and O–H groups in total. The Morgan fingerprint density at radius 1 is 1.38 bits per heavy atom. The van der Waals surface area contributed by atoms with Gasteiger partial charge in [0.1, 0.15) is 0 Å². The first-order valence-electron chi connectivity index (χ1n) is 8.36. The molecule has 0 unspecified atom stereocenters. The van der Waals surface area contributed by atoms with Crippen LogP contribution in [-0.4, -0.2) is 32.3 Å². The molecule has 3 aromatic heterocycles. The van der Waals surface area contributed by atoms with Crippen molar-refractivity contribution in [2.45, 2.75) is 32.9 Å². The summed E-state index contributed by atoms with van der Waals surface area (Å²) < 4.78 is 10.00. The van der Waals surface area contributed by atoms with Gasteiger partial charge in [-0.2, -0.15) is 5.10 Å². The monoisotopic (exact) mass is 345 g/mol. The topological polar surface area (TPSA) is 56.4 Å². The molecule has 0 aromatic carbocycles. The Bertz CT molecular complexity index is 849. The molecule has 0 bridgehead atoms. The van der Waals surface area contributed by atoms with E-state index in [1.165, 1.54) is 16.1 Å². The Hall–Kier alpha value is -1.70. The highest BCUT2D eigenvalue weighted by Crippen LogP contribution is 2.33. The van der Waals surface area contributed by atoms with Gasteiger partial charge >= 0.3 is 0 Å². The zero-order chi connectivity index (χ0) is 16.7. The summed E-state index contributed by atoms with van der Waals surface area (Å²) in [7, 11) is 1.95. The van der Waals surface area contributed by atoms with E-state index in [0.717, 1.165) is 36.8 Å². The van der Waals surface area contributed by atoms with Crippen molar-refractivity contribution in [1.82, 2.24) is 24.5 Å². The summed E-state index contributed by atoms with van der Waals surface area (Å²) in [5, 5.41) is 7.89. The first-order valence-corrected chi connectivity index (χ1v) is 9.18. The molecule has 0 amide bonds. The molecule has 1 aliphatic rings. The Morgan fingerprint density at radius 3 is 3.04 bits per heavy atom. The van der Waals surface area contributed by atoms with Crippen molar-refractivity contribution in [3.05, 3.63) is 40.4 Å². The quantitative estimate of drug-likeness (QED) is 0.772. The van der Waals surface area contributed by atoms with Crippen LogP contribution in [0.25, 0.3) is 4.96 Å². The molecule has 1 fully saturated rings. The summed E-state index contributed by atoms with van der Waals surface area (Å²) in [6, 6.07) is 0. The van der Waals surface area contributed by atoms with Gasteiger partial charge in [-0.3, -0.25) is 9.08 Å². The van der Waals surface area contributed by atoms with Crippen LogP contribution in [0.1, 0.15) is 34.4 Å². The number of ether oxygens (including phenoxy) is 1. The van der Waals surface area contributed by atoms with Crippen molar-refractivity contribution in [2.75, 3.05) is 13.2 Å². The normalized spacial score (nSPS) is 21.1. The molecular weight excluding hydrogens is 322 g/mol. The Kier molecular flexibility index (Phi) is 4.15. The fourth-order valence-corrected chi connectivity index (χ4v) is 4.39. The summed E-state index contributed by atoms with van der Waals surface area (Å²) in [6.45, 7) is 6.81. The van der Waals surface area contributed by atoms with Gasteiger partial charge in [-0.25, -0.2) is 4.98 Å². The lowest BCUT2D eigenvalue weighted by molar-refractivity contribution is 0.0903. The van der Waals surface area contributed by atoms with Gasteiger partial charge in [0, 0.05) is 55.5 Å². The van der Waals surface area contributed by atoms with Crippen LogP contribution in [0, 0.1) is 19.8 Å². The molecule has 0 aliphatic carbocycles. The predicted octanol–water partition coefficient (Wildman–Crippen LogP) is 2.61. The zero-order valence-electron chi connectivity index (χ0n) is 14.3. The molecule has 0 radical (unpaired) electrons. The highest BCUT2D eigenvalue weighted by atomic mass is 32.1. The number of imidazole rings is 1. The molecule has 0 saturated carbocycles. The molecule has 0 spiro atoms. The van der Waals surface area contributed by atoms with Gasteiger partial charge in [0.25, 0.3) is 0 Å². The second-order valence-electron chi connectivity index (χ2n) is 6.56. The standard InChI is InChI=1S/C17H23N5OS/c1-11-9-22-15(12(2)20-17(22)24-11)8-18-6-13-4-5-23-16(13)14-7-19-21(3)10-14/h7,9-10,13,16,18H,4-6,8H2,1-3H3/t13-,16-/m0/s1. The molecule has 3 aromatic rings. The Balaban J connectivity index is 1.42. The lowest BCUT2D eigenvalue weighted by Crippen LogP contribution is -2.25. The molecule has 1 saturated heterocycles. The molecule has 1 aliphatic heterocycles. The van der Waals surface area contributed by atoms with E-state index in [-0.39, 0.29) is 6.10 Å². The summed E-state index contributed by atoms with van der Waals surface area (Å²) in [5.41, 5.74) is 3.55. The SMILES string of the molecule is Cc1cn2c(CNC[C@@H]3CCO[C@@H]3c3cnn(C)c3)c(C)nc2s1. The number of nitrogens with zero attached hydrogens (tertiary/aromatic N) is 4. The van der Waals surface area contributed by atoms with Gasteiger partial charge in [-0.15, -0.1) is 11.3 Å². The largest absolute Gasteiger partial charge is 0.373 e. The van der Waals surface area contributed by atoms with E-state index in [9.17, 15) is 0 Å². The van der Waals surface area contributed by atoms with Crippen LogP contribution >= 0.6 is 11.3 Å². The summed E-state index contributed by atoms with van der Waals surface area (Å²) in [5.74, 6) is 0.488. The van der Waals surface area contributed by atoms with Crippen molar-refractivity contribution in [3.8, 4) is 0 Å². The maximum atomic E-state index is 5.94. The van der Waals surface area contributed by atoms with Crippen LogP contribution in [0.3, 0.4) is 0 Å². The smallest absolute Gasteiger partial charge is 0.194 e. The maximum absolute atomic E-state index is 5.94. The number of nitrogens with one attached hydrogen (secondary N) is 1. The van der Waals surface area contributed by atoms with Gasteiger partial charge < -0.3 is 10.1 Å². The molecule has 2 atom stereocenters. The first-order chi connectivity index (χ1) is 11.6. The van der Waals surface area contributed by atoms with E-state index in [1.54, 1.807) is 11.3 Å². The minimum atomic E-state index is 0.154. The minimum absolute atomic E-state index is 0.154. The average Bonchev–Trinajstić information content (AvgIpc) is 3.27. The third kappa shape index (κ3) is 2.87. The Morgan fingerprint density at radius 2 is 2.25 bits per heavy atom. The van der Waals surface area contributed by atoms with Gasteiger partial charge in [-0.05, 0) is 20.3 Å². The molecule has 24 heavy (non-hydrogen) atoms. The van der Waals surface area contributed by atoms with E-state index in [2.05, 4.69) is 46.0 Å². The van der Waals surface area contributed by atoms with Crippen molar-refractivity contribution in [1.29, 1.82) is 0 Å². The molecule has 4 rings (SSSR count). The van der Waals surface area contributed by atoms with Crippen molar-refractivity contribution in [2.24, 2.45) is 13.0 Å². The number of rotatable bonds is 5. The van der Waals surface area contributed by atoms with Gasteiger partial charge in [-0.1, -0.05) is 0 Å².